The molecule has 1 heterocycles. The molecule has 17 heavy (non-hydrogen) atoms. The lowest BCUT2D eigenvalue weighted by Gasteiger charge is -2.27. The van der Waals surface area contributed by atoms with Gasteiger partial charge in [0.1, 0.15) is 11.9 Å². The normalized spacial score (nSPS) is 22.2. The smallest absolute Gasteiger partial charge is 0.141 e. The number of hydrogen-bond acceptors (Lipinski definition) is 2. The van der Waals surface area contributed by atoms with Crippen LogP contribution < -0.4 is 10.1 Å². The van der Waals surface area contributed by atoms with Gasteiger partial charge in [-0.3, -0.25) is 0 Å². The molecule has 2 unspecified atom stereocenters. The Morgan fingerprint density at radius 3 is 2.82 bits per heavy atom. The molecule has 1 aliphatic heterocycles. The van der Waals surface area contributed by atoms with Gasteiger partial charge in [0.2, 0.25) is 0 Å². The zero-order valence-corrected chi connectivity index (χ0v) is 10.5. The molecule has 0 aliphatic carbocycles. The zero-order chi connectivity index (χ0) is 12.3. The number of ether oxygens (including phenoxy) is 1. The molecule has 1 aliphatic rings. The van der Waals surface area contributed by atoms with Crippen LogP contribution in [0.15, 0.2) is 18.2 Å². The highest BCUT2D eigenvalue weighted by Crippen LogP contribution is 2.30. The topological polar surface area (TPSA) is 21.3 Å². The Morgan fingerprint density at radius 2 is 2.24 bits per heavy atom. The van der Waals surface area contributed by atoms with Crippen LogP contribution in [0.25, 0.3) is 0 Å². The van der Waals surface area contributed by atoms with Gasteiger partial charge in [-0.25, -0.2) is 4.39 Å². The van der Waals surface area contributed by atoms with E-state index in [-0.39, 0.29) is 6.04 Å². The molecule has 1 aromatic carbocycles. The molecule has 2 atom stereocenters. The molecule has 94 valence electrons. The minimum absolute atomic E-state index is 0.0316. The maximum Gasteiger partial charge on any atom is 0.141 e. The molecular formula is C14H20FNO. The van der Waals surface area contributed by atoms with Crippen LogP contribution in [0.1, 0.15) is 36.6 Å². The van der Waals surface area contributed by atoms with Crippen LogP contribution in [0, 0.1) is 6.92 Å². The number of benzene rings is 1. The summed E-state index contributed by atoms with van der Waals surface area (Å²) in [5.74, 6) is 0.787. The molecule has 2 nitrogen and oxygen atoms in total. The predicted molar refractivity (Wildman–Crippen MR) is 67.2 cm³/mol. The monoisotopic (exact) mass is 237 g/mol. The summed E-state index contributed by atoms with van der Waals surface area (Å²) in [4.78, 5) is 0. The second kappa shape index (κ2) is 5.50. The summed E-state index contributed by atoms with van der Waals surface area (Å²) in [5, 5.41) is 3.27. The first-order valence-corrected chi connectivity index (χ1v) is 6.24. The van der Waals surface area contributed by atoms with E-state index in [4.69, 9.17) is 4.74 Å². The fraction of sp³-hybridized carbons (Fsp3) is 0.571. The van der Waals surface area contributed by atoms with E-state index in [1.54, 1.807) is 7.11 Å². The molecule has 2 rings (SSSR count). The molecule has 0 aromatic heterocycles. The maximum atomic E-state index is 14.4. The molecule has 0 bridgehead atoms. The van der Waals surface area contributed by atoms with Gasteiger partial charge in [0.25, 0.3) is 0 Å². The fourth-order valence-electron chi connectivity index (χ4n) is 2.43. The highest BCUT2D eigenvalue weighted by Gasteiger charge is 2.25. The number of aryl methyl sites for hydroxylation is 1. The van der Waals surface area contributed by atoms with Crippen molar-refractivity contribution in [2.45, 2.75) is 38.4 Å². The first kappa shape index (κ1) is 12.4. The summed E-state index contributed by atoms with van der Waals surface area (Å²) in [5.41, 5.74) is 1.74. The van der Waals surface area contributed by atoms with Gasteiger partial charge in [0, 0.05) is 6.04 Å². The van der Waals surface area contributed by atoms with Crippen molar-refractivity contribution in [1.29, 1.82) is 0 Å². The van der Waals surface area contributed by atoms with Gasteiger partial charge in [-0.2, -0.15) is 0 Å². The SMILES string of the molecule is COc1ccc(C(F)C2CCCCN2)c(C)c1. The zero-order valence-electron chi connectivity index (χ0n) is 10.5. The van der Waals surface area contributed by atoms with Gasteiger partial charge in [-0.05, 0) is 49.6 Å². The van der Waals surface area contributed by atoms with Crippen molar-refractivity contribution in [3.05, 3.63) is 29.3 Å². The van der Waals surface area contributed by atoms with Gasteiger partial charge in [0.05, 0.1) is 7.11 Å². The third kappa shape index (κ3) is 2.78. The molecule has 1 aromatic rings. The summed E-state index contributed by atoms with van der Waals surface area (Å²) in [6.07, 6.45) is 2.28. The Labute approximate surface area is 102 Å². The Hall–Kier alpha value is -1.09. The lowest BCUT2D eigenvalue weighted by Crippen LogP contribution is -2.37. The summed E-state index contributed by atoms with van der Waals surface area (Å²) in [6.45, 7) is 2.87. The maximum absolute atomic E-state index is 14.4. The molecule has 0 saturated carbocycles. The largest absolute Gasteiger partial charge is 0.497 e. The average molecular weight is 237 g/mol. The van der Waals surface area contributed by atoms with Gasteiger partial charge < -0.3 is 10.1 Å². The van der Waals surface area contributed by atoms with E-state index in [0.717, 1.165) is 42.7 Å². The second-order valence-corrected chi connectivity index (χ2v) is 4.68. The van der Waals surface area contributed by atoms with Crippen LogP contribution in [0.3, 0.4) is 0 Å². The van der Waals surface area contributed by atoms with Crippen molar-refractivity contribution in [1.82, 2.24) is 5.32 Å². The van der Waals surface area contributed by atoms with Crippen molar-refractivity contribution in [2.24, 2.45) is 0 Å². The minimum Gasteiger partial charge on any atom is -0.497 e. The molecular weight excluding hydrogens is 217 g/mol. The second-order valence-electron chi connectivity index (χ2n) is 4.68. The molecule has 1 fully saturated rings. The third-order valence-corrected chi connectivity index (χ3v) is 3.48. The van der Waals surface area contributed by atoms with E-state index in [0.29, 0.717) is 0 Å². The van der Waals surface area contributed by atoms with Gasteiger partial charge in [-0.15, -0.1) is 0 Å². The van der Waals surface area contributed by atoms with E-state index < -0.39 is 6.17 Å². The summed E-state index contributed by atoms with van der Waals surface area (Å²) < 4.78 is 19.6. The van der Waals surface area contributed by atoms with Crippen molar-refractivity contribution in [2.75, 3.05) is 13.7 Å². The minimum atomic E-state index is -0.916. The number of nitrogens with one attached hydrogen (secondary N) is 1. The highest BCUT2D eigenvalue weighted by molar-refractivity contribution is 5.36. The van der Waals surface area contributed by atoms with Crippen molar-refractivity contribution >= 4 is 0 Å². The van der Waals surface area contributed by atoms with Crippen LogP contribution in [0.5, 0.6) is 5.75 Å². The first-order valence-electron chi connectivity index (χ1n) is 6.24. The number of piperidine rings is 1. The lowest BCUT2D eigenvalue weighted by molar-refractivity contribution is 0.220. The Morgan fingerprint density at radius 1 is 1.41 bits per heavy atom. The van der Waals surface area contributed by atoms with Crippen LogP contribution in [-0.2, 0) is 0 Å². The molecule has 0 spiro atoms. The van der Waals surface area contributed by atoms with Crippen LogP contribution in [0.2, 0.25) is 0 Å². The van der Waals surface area contributed by atoms with E-state index >= 15 is 0 Å². The standard InChI is InChI=1S/C14H20FNO/c1-10-9-11(17-2)6-7-12(10)14(15)13-5-3-4-8-16-13/h6-7,9,13-14,16H,3-5,8H2,1-2H3. The van der Waals surface area contributed by atoms with E-state index in [1.807, 2.05) is 25.1 Å². The van der Waals surface area contributed by atoms with E-state index in [9.17, 15) is 4.39 Å². The molecule has 0 radical (unpaired) electrons. The predicted octanol–water partition coefficient (Wildman–Crippen LogP) is 3.16. The van der Waals surface area contributed by atoms with Gasteiger partial charge in [-0.1, -0.05) is 12.5 Å². The number of alkyl halides is 1. The molecule has 3 heteroatoms. The van der Waals surface area contributed by atoms with Crippen molar-refractivity contribution < 1.29 is 9.13 Å². The summed E-state index contributed by atoms with van der Waals surface area (Å²) in [7, 11) is 1.63. The first-order chi connectivity index (χ1) is 8.22. The van der Waals surface area contributed by atoms with Crippen molar-refractivity contribution in [3.63, 3.8) is 0 Å². The quantitative estimate of drug-likeness (QED) is 0.872. The fourth-order valence-corrected chi connectivity index (χ4v) is 2.43. The van der Waals surface area contributed by atoms with Gasteiger partial charge >= 0.3 is 0 Å². The van der Waals surface area contributed by atoms with Crippen LogP contribution in [0.4, 0.5) is 4.39 Å². The summed E-state index contributed by atoms with van der Waals surface area (Å²) in [6, 6.07) is 5.54. The lowest BCUT2D eigenvalue weighted by atomic mass is 9.93. The highest BCUT2D eigenvalue weighted by atomic mass is 19.1. The number of rotatable bonds is 3. The Kier molecular flexibility index (Phi) is 4.00. The summed E-state index contributed by atoms with van der Waals surface area (Å²) >= 11 is 0. The average Bonchev–Trinajstić information content (AvgIpc) is 2.39. The Balaban J connectivity index is 2.15. The third-order valence-electron chi connectivity index (χ3n) is 3.48. The molecule has 1 saturated heterocycles. The number of halogens is 1. The van der Waals surface area contributed by atoms with E-state index in [2.05, 4.69) is 5.32 Å². The van der Waals surface area contributed by atoms with E-state index in [1.165, 1.54) is 0 Å². The van der Waals surface area contributed by atoms with Crippen molar-refractivity contribution in [3.8, 4) is 5.75 Å². The molecule has 0 amide bonds. The Bertz CT molecular complexity index is 374. The van der Waals surface area contributed by atoms with Gasteiger partial charge in [0.15, 0.2) is 0 Å². The number of methoxy groups -OCH3 is 1. The molecule has 1 N–H and O–H groups in total. The number of hydrogen-bond donors (Lipinski definition) is 1. The van der Waals surface area contributed by atoms with Crippen LogP contribution in [-0.4, -0.2) is 19.7 Å². The van der Waals surface area contributed by atoms with Crippen LogP contribution >= 0.6 is 0 Å².